The number of hydrogen-bond acceptors (Lipinski definition) is 8. The zero-order chi connectivity index (χ0) is 22.5. The van der Waals surface area contributed by atoms with E-state index in [2.05, 4.69) is 10.2 Å². The minimum Gasteiger partial charge on any atom is -0.452 e. The summed E-state index contributed by atoms with van der Waals surface area (Å²) in [5.74, 6) is -1.64. The SMILES string of the molecule is CON(C)S(=O)(=O)c1cccc(C(=O)OCC(=O)Nc2ccc(C)c([N+](=O)[O-])c2)c1. The van der Waals surface area contributed by atoms with E-state index >= 15 is 0 Å². The minimum absolute atomic E-state index is 0.0839. The molecule has 11 nitrogen and oxygen atoms in total. The van der Waals surface area contributed by atoms with Crippen LogP contribution in [0.4, 0.5) is 11.4 Å². The van der Waals surface area contributed by atoms with E-state index in [9.17, 15) is 28.1 Å². The summed E-state index contributed by atoms with van der Waals surface area (Å²) in [7, 11) is -1.59. The first-order valence-electron chi connectivity index (χ1n) is 8.41. The van der Waals surface area contributed by atoms with Crippen LogP contribution in [0.15, 0.2) is 47.4 Å². The third-order valence-electron chi connectivity index (χ3n) is 3.99. The maximum atomic E-state index is 12.2. The van der Waals surface area contributed by atoms with Crippen molar-refractivity contribution in [2.24, 2.45) is 0 Å². The van der Waals surface area contributed by atoms with Crippen molar-refractivity contribution in [3.63, 3.8) is 0 Å². The topological polar surface area (TPSA) is 145 Å². The van der Waals surface area contributed by atoms with Crippen molar-refractivity contribution >= 4 is 33.3 Å². The number of sulfonamides is 1. The lowest BCUT2D eigenvalue weighted by Gasteiger charge is -2.14. The summed E-state index contributed by atoms with van der Waals surface area (Å²) in [5, 5.41) is 13.4. The van der Waals surface area contributed by atoms with E-state index < -0.39 is 33.4 Å². The highest BCUT2D eigenvalue weighted by Crippen LogP contribution is 2.22. The van der Waals surface area contributed by atoms with Crippen LogP contribution < -0.4 is 5.32 Å². The molecule has 0 unspecified atom stereocenters. The normalized spacial score (nSPS) is 11.2. The lowest BCUT2D eigenvalue weighted by molar-refractivity contribution is -0.385. The molecule has 0 aromatic heterocycles. The monoisotopic (exact) mass is 437 g/mol. The van der Waals surface area contributed by atoms with Crippen LogP contribution in [0.3, 0.4) is 0 Å². The Morgan fingerprint density at radius 3 is 2.53 bits per heavy atom. The Bertz CT molecular complexity index is 1080. The highest BCUT2D eigenvalue weighted by molar-refractivity contribution is 7.89. The number of anilines is 1. The molecular weight excluding hydrogens is 418 g/mol. The van der Waals surface area contributed by atoms with Gasteiger partial charge in [0.15, 0.2) is 6.61 Å². The van der Waals surface area contributed by atoms with Crippen LogP contribution in [-0.4, -0.2) is 50.5 Å². The van der Waals surface area contributed by atoms with E-state index in [0.29, 0.717) is 10.0 Å². The zero-order valence-electron chi connectivity index (χ0n) is 16.3. The standard InChI is InChI=1S/C18H19N3O8S/c1-12-7-8-14(10-16(12)21(24)25)19-17(22)11-29-18(23)13-5-4-6-15(9-13)30(26,27)20(2)28-3/h4-10H,11H2,1-3H3,(H,19,22). The van der Waals surface area contributed by atoms with Crippen LogP contribution in [0.1, 0.15) is 15.9 Å². The first-order valence-corrected chi connectivity index (χ1v) is 9.85. The van der Waals surface area contributed by atoms with Crippen molar-refractivity contribution in [3.8, 4) is 0 Å². The number of aryl methyl sites for hydroxylation is 1. The molecule has 2 aromatic carbocycles. The number of hydrogen-bond donors (Lipinski definition) is 1. The molecule has 0 saturated carbocycles. The number of nitrogens with one attached hydrogen (secondary N) is 1. The van der Waals surface area contributed by atoms with Crippen molar-refractivity contribution < 1.29 is 32.5 Å². The Kier molecular flexibility index (Phi) is 7.21. The van der Waals surface area contributed by atoms with Crippen LogP contribution in [0, 0.1) is 17.0 Å². The number of nitro groups is 1. The summed E-state index contributed by atoms with van der Waals surface area (Å²) in [4.78, 5) is 39.0. The van der Waals surface area contributed by atoms with Crippen LogP contribution in [0.25, 0.3) is 0 Å². The molecule has 1 N–H and O–H groups in total. The second-order valence-corrected chi connectivity index (χ2v) is 7.94. The number of carbonyl (C=O) groups excluding carboxylic acids is 2. The van der Waals surface area contributed by atoms with E-state index in [4.69, 9.17) is 4.74 Å². The average molecular weight is 437 g/mol. The highest BCUT2D eigenvalue weighted by atomic mass is 32.2. The van der Waals surface area contributed by atoms with E-state index in [-0.39, 0.29) is 21.8 Å². The molecule has 0 aliphatic heterocycles. The molecule has 1 amide bonds. The summed E-state index contributed by atoms with van der Waals surface area (Å²) in [6, 6.07) is 9.18. The molecule has 0 aliphatic carbocycles. The third-order valence-corrected chi connectivity index (χ3v) is 5.66. The fraction of sp³-hybridized carbons (Fsp3) is 0.222. The predicted molar refractivity (Wildman–Crippen MR) is 105 cm³/mol. The third kappa shape index (κ3) is 5.37. The smallest absolute Gasteiger partial charge is 0.338 e. The first kappa shape index (κ1) is 22.9. The summed E-state index contributed by atoms with van der Waals surface area (Å²) < 4.78 is 30.0. The molecule has 2 aromatic rings. The number of amides is 1. The lowest BCUT2D eigenvalue weighted by atomic mass is 10.2. The fourth-order valence-electron chi connectivity index (χ4n) is 2.33. The summed E-state index contributed by atoms with van der Waals surface area (Å²) >= 11 is 0. The van der Waals surface area contributed by atoms with E-state index in [1.807, 2.05) is 0 Å². The van der Waals surface area contributed by atoms with Gasteiger partial charge >= 0.3 is 5.97 Å². The number of nitrogens with zero attached hydrogens (tertiary/aromatic N) is 2. The van der Waals surface area contributed by atoms with E-state index in [0.717, 1.165) is 6.07 Å². The molecule has 0 bridgehead atoms. The summed E-state index contributed by atoms with van der Waals surface area (Å²) in [6.45, 7) is 0.889. The van der Waals surface area contributed by atoms with Gasteiger partial charge in [-0.05, 0) is 31.2 Å². The van der Waals surface area contributed by atoms with Crippen LogP contribution in [-0.2, 0) is 24.4 Å². The number of rotatable bonds is 8. The van der Waals surface area contributed by atoms with Crippen LogP contribution in [0.2, 0.25) is 0 Å². The number of benzene rings is 2. The van der Waals surface area contributed by atoms with E-state index in [1.165, 1.54) is 50.6 Å². The molecule has 0 heterocycles. The molecule has 0 saturated heterocycles. The highest BCUT2D eigenvalue weighted by Gasteiger charge is 2.22. The molecule has 0 fully saturated rings. The van der Waals surface area contributed by atoms with Gasteiger partial charge in [-0.1, -0.05) is 16.6 Å². The minimum atomic E-state index is -3.96. The Morgan fingerprint density at radius 1 is 1.20 bits per heavy atom. The van der Waals surface area contributed by atoms with Gasteiger partial charge in [0, 0.05) is 24.4 Å². The van der Waals surface area contributed by atoms with Crippen molar-refractivity contribution in [1.29, 1.82) is 0 Å². The Hall–Kier alpha value is -3.35. The van der Waals surface area contributed by atoms with Gasteiger partial charge in [0.1, 0.15) is 0 Å². The molecule has 0 spiro atoms. The number of hydroxylamine groups is 1. The fourth-order valence-corrected chi connectivity index (χ4v) is 3.35. The Labute approximate surface area is 172 Å². The molecule has 160 valence electrons. The molecule has 2 rings (SSSR count). The first-order chi connectivity index (χ1) is 14.1. The number of esters is 1. The van der Waals surface area contributed by atoms with Crippen molar-refractivity contribution in [2.45, 2.75) is 11.8 Å². The van der Waals surface area contributed by atoms with Crippen molar-refractivity contribution in [2.75, 3.05) is 26.1 Å². The zero-order valence-corrected chi connectivity index (χ0v) is 17.1. The van der Waals surface area contributed by atoms with Gasteiger partial charge < -0.3 is 10.1 Å². The van der Waals surface area contributed by atoms with Crippen molar-refractivity contribution in [1.82, 2.24) is 4.47 Å². The Morgan fingerprint density at radius 2 is 1.90 bits per heavy atom. The maximum Gasteiger partial charge on any atom is 0.338 e. The lowest BCUT2D eigenvalue weighted by Crippen LogP contribution is -2.26. The number of ether oxygens (including phenoxy) is 1. The van der Waals surface area contributed by atoms with Gasteiger partial charge in [-0.3, -0.25) is 19.7 Å². The maximum absolute atomic E-state index is 12.2. The number of nitro benzene ring substituents is 1. The van der Waals surface area contributed by atoms with Crippen molar-refractivity contribution in [3.05, 3.63) is 63.7 Å². The van der Waals surface area contributed by atoms with Crippen LogP contribution >= 0.6 is 0 Å². The van der Waals surface area contributed by atoms with Gasteiger partial charge in [-0.25, -0.2) is 13.2 Å². The van der Waals surface area contributed by atoms with Crippen LogP contribution in [0.5, 0.6) is 0 Å². The molecule has 0 aliphatic rings. The summed E-state index contributed by atoms with van der Waals surface area (Å²) in [6.07, 6.45) is 0. The molecule has 30 heavy (non-hydrogen) atoms. The van der Waals surface area contributed by atoms with E-state index in [1.54, 1.807) is 6.92 Å². The van der Waals surface area contributed by atoms with Gasteiger partial charge in [0.2, 0.25) is 0 Å². The van der Waals surface area contributed by atoms with Gasteiger partial charge in [0.25, 0.3) is 21.6 Å². The average Bonchev–Trinajstić information content (AvgIpc) is 2.72. The van der Waals surface area contributed by atoms with Gasteiger partial charge in [0.05, 0.1) is 22.5 Å². The second kappa shape index (κ2) is 9.43. The van der Waals surface area contributed by atoms with Gasteiger partial charge in [-0.15, -0.1) is 0 Å². The molecule has 0 atom stereocenters. The Balaban J connectivity index is 2.04. The largest absolute Gasteiger partial charge is 0.452 e. The number of carbonyl (C=O) groups is 2. The quantitative estimate of drug-likeness (QED) is 0.374. The predicted octanol–water partition coefficient (Wildman–Crippen LogP) is 1.88. The molecule has 0 radical (unpaired) electrons. The molecular formula is C18H19N3O8S. The second-order valence-electron chi connectivity index (χ2n) is 6.01. The van der Waals surface area contributed by atoms with Gasteiger partial charge in [-0.2, -0.15) is 0 Å². The molecule has 12 heteroatoms. The summed E-state index contributed by atoms with van der Waals surface area (Å²) in [5.41, 5.74) is 0.352.